The maximum Gasteiger partial charge on any atom is 0.414 e. The Kier molecular flexibility index (Phi) is 3.32. The molecule has 1 aromatic carbocycles. The van der Waals surface area contributed by atoms with Crippen molar-refractivity contribution < 1.29 is 9.53 Å². The van der Waals surface area contributed by atoms with Gasteiger partial charge in [0, 0.05) is 11.9 Å². The molecule has 2 heterocycles. The van der Waals surface area contributed by atoms with Crippen molar-refractivity contribution in [3.05, 3.63) is 48.3 Å². The topological polar surface area (TPSA) is 84.0 Å². The molecule has 26 heavy (non-hydrogen) atoms. The summed E-state index contributed by atoms with van der Waals surface area (Å²) in [5.41, 5.74) is 3.31. The molecule has 2 aliphatic carbocycles. The lowest BCUT2D eigenvalue weighted by atomic mass is 10.0. The molecule has 2 fully saturated rings. The lowest BCUT2D eigenvalue weighted by molar-refractivity contribution is 0.129. The van der Waals surface area contributed by atoms with Crippen molar-refractivity contribution in [3.63, 3.8) is 0 Å². The fraction of sp³-hybridized carbons (Fsp3) is 0.368. The third-order valence-corrected chi connectivity index (χ3v) is 5.51. The van der Waals surface area contributed by atoms with Gasteiger partial charge in [0.25, 0.3) is 0 Å². The van der Waals surface area contributed by atoms with Crippen molar-refractivity contribution in [2.75, 3.05) is 11.4 Å². The molecule has 1 saturated heterocycles. The Balaban J connectivity index is 1.27. The zero-order chi connectivity index (χ0) is 17.7. The molecule has 0 N–H and O–H groups in total. The zero-order valence-electron chi connectivity index (χ0n) is 14.0. The monoisotopic (exact) mass is 347 g/mol. The maximum absolute atomic E-state index is 12.2. The second-order valence-electron chi connectivity index (χ2n) is 7.08. The summed E-state index contributed by atoms with van der Waals surface area (Å²) in [6, 6.07) is 10.4. The minimum absolute atomic E-state index is 0.222. The quantitative estimate of drug-likeness (QED) is 0.848. The van der Waals surface area contributed by atoms with Gasteiger partial charge in [-0.15, -0.1) is 5.10 Å². The van der Waals surface area contributed by atoms with Crippen LogP contribution in [0.3, 0.4) is 0 Å². The minimum Gasteiger partial charge on any atom is -0.442 e. The van der Waals surface area contributed by atoms with Crippen LogP contribution in [0.4, 0.5) is 10.5 Å². The van der Waals surface area contributed by atoms with Gasteiger partial charge in [0.1, 0.15) is 6.10 Å². The van der Waals surface area contributed by atoms with E-state index in [-0.39, 0.29) is 18.1 Å². The Bertz CT molecular complexity index is 912. The number of ether oxygens (including phenoxy) is 1. The average molecular weight is 347 g/mol. The number of nitriles is 1. The number of hydrogen-bond donors (Lipinski definition) is 0. The van der Waals surface area contributed by atoms with Crippen LogP contribution in [0.5, 0.6) is 0 Å². The van der Waals surface area contributed by atoms with Crippen LogP contribution in [0.1, 0.15) is 12.0 Å². The van der Waals surface area contributed by atoms with Crippen LogP contribution in [-0.2, 0) is 11.3 Å². The number of fused-ring (bicyclic) bond motifs is 1. The zero-order valence-corrected chi connectivity index (χ0v) is 14.0. The molecule has 5 rings (SSSR count). The van der Waals surface area contributed by atoms with E-state index in [0.717, 1.165) is 12.1 Å². The first-order chi connectivity index (χ1) is 12.7. The van der Waals surface area contributed by atoms with Gasteiger partial charge in [-0.2, -0.15) is 5.26 Å². The predicted molar refractivity (Wildman–Crippen MR) is 92.8 cm³/mol. The largest absolute Gasteiger partial charge is 0.442 e. The van der Waals surface area contributed by atoms with Crippen LogP contribution >= 0.6 is 0 Å². The third kappa shape index (κ3) is 2.46. The molecule has 130 valence electrons. The Morgan fingerprint density at radius 1 is 1.31 bits per heavy atom. The number of anilines is 1. The minimum atomic E-state index is -0.332. The van der Waals surface area contributed by atoms with Crippen molar-refractivity contribution in [2.24, 2.45) is 17.8 Å². The van der Waals surface area contributed by atoms with Gasteiger partial charge in [0.05, 0.1) is 31.3 Å². The fourth-order valence-corrected chi connectivity index (χ4v) is 4.06. The molecule has 4 atom stereocenters. The highest BCUT2D eigenvalue weighted by molar-refractivity contribution is 5.90. The Hall–Kier alpha value is -3.14. The van der Waals surface area contributed by atoms with Gasteiger partial charge in [0.2, 0.25) is 0 Å². The van der Waals surface area contributed by atoms with Gasteiger partial charge >= 0.3 is 6.09 Å². The maximum atomic E-state index is 12.2. The number of nitrogens with zero attached hydrogens (tertiary/aromatic N) is 5. The molecule has 7 heteroatoms. The van der Waals surface area contributed by atoms with Gasteiger partial charge in [-0.1, -0.05) is 23.4 Å². The predicted octanol–water partition coefficient (Wildman–Crippen LogP) is 2.48. The molecule has 1 aliphatic heterocycles. The molecular weight excluding hydrogens is 330 g/mol. The molecule has 1 amide bonds. The van der Waals surface area contributed by atoms with Crippen LogP contribution in [0.25, 0.3) is 5.57 Å². The molecular formula is C19H17N5O2. The van der Waals surface area contributed by atoms with Crippen LogP contribution in [0, 0.1) is 29.1 Å². The van der Waals surface area contributed by atoms with E-state index in [0.29, 0.717) is 24.9 Å². The first kappa shape index (κ1) is 15.1. The number of carbonyl (C=O) groups is 1. The number of amides is 1. The lowest BCUT2D eigenvalue weighted by Crippen LogP contribution is -2.26. The smallest absolute Gasteiger partial charge is 0.414 e. The van der Waals surface area contributed by atoms with Gasteiger partial charge < -0.3 is 4.74 Å². The van der Waals surface area contributed by atoms with E-state index in [9.17, 15) is 4.79 Å². The van der Waals surface area contributed by atoms with Crippen LogP contribution in [0.2, 0.25) is 0 Å². The van der Waals surface area contributed by atoms with Crippen molar-refractivity contribution >= 4 is 17.4 Å². The van der Waals surface area contributed by atoms with Gasteiger partial charge in [-0.05, 0) is 41.5 Å². The summed E-state index contributed by atoms with van der Waals surface area (Å²) in [4.78, 5) is 13.8. The molecule has 7 nitrogen and oxygen atoms in total. The van der Waals surface area contributed by atoms with Crippen LogP contribution < -0.4 is 4.90 Å². The molecule has 0 bridgehead atoms. The van der Waals surface area contributed by atoms with Crippen molar-refractivity contribution in [1.29, 1.82) is 5.26 Å². The molecule has 0 unspecified atom stereocenters. The number of hydrogen-bond acceptors (Lipinski definition) is 5. The van der Waals surface area contributed by atoms with E-state index in [1.54, 1.807) is 22.0 Å². The van der Waals surface area contributed by atoms with Crippen molar-refractivity contribution in [3.8, 4) is 6.07 Å². The highest BCUT2D eigenvalue weighted by Gasteiger charge is 2.52. The van der Waals surface area contributed by atoms with E-state index in [4.69, 9.17) is 10.00 Å². The van der Waals surface area contributed by atoms with Crippen LogP contribution in [0.15, 0.2) is 42.7 Å². The van der Waals surface area contributed by atoms with E-state index >= 15 is 0 Å². The van der Waals surface area contributed by atoms with Gasteiger partial charge in [-0.3, -0.25) is 4.90 Å². The van der Waals surface area contributed by atoms with Crippen LogP contribution in [-0.4, -0.2) is 33.7 Å². The number of benzene rings is 1. The fourth-order valence-electron chi connectivity index (χ4n) is 4.06. The average Bonchev–Trinajstić information content (AvgIpc) is 3.11. The highest BCUT2D eigenvalue weighted by Crippen LogP contribution is 2.57. The number of cyclic esters (lactones) is 1. The molecule has 3 aliphatic rings. The van der Waals surface area contributed by atoms with E-state index in [1.807, 2.05) is 24.3 Å². The number of rotatable bonds is 4. The summed E-state index contributed by atoms with van der Waals surface area (Å²) in [6.07, 6.45) is 6.01. The SMILES string of the molecule is N#C[C@H]1[C@@H]2C=C(c3ccc(N4C[C@H](Cn5ccnn5)OC4=O)cc3)C[C@H]12. The number of aromatic nitrogens is 3. The first-order valence-electron chi connectivity index (χ1n) is 8.76. The highest BCUT2D eigenvalue weighted by atomic mass is 16.6. The summed E-state index contributed by atoms with van der Waals surface area (Å²) < 4.78 is 7.10. The number of carbonyl (C=O) groups excluding carboxylic acids is 1. The summed E-state index contributed by atoms with van der Waals surface area (Å²) in [5, 5.41) is 16.7. The van der Waals surface area contributed by atoms with Crippen molar-refractivity contribution in [1.82, 2.24) is 15.0 Å². The van der Waals surface area contributed by atoms with Gasteiger partial charge in [-0.25, -0.2) is 9.48 Å². The summed E-state index contributed by atoms with van der Waals surface area (Å²) in [7, 11) is 0. The van der Waals surface area contributed by atoms with E-state index < -0.39 is 0 Å². The second kappa shape index (κ2) is 5.70. The Morgan fingerprint density at radius 2 is 2.15 bits per heavy atom. The molecule has 1 saturated carbocycles. The number of allylic oxidation sites excluding steroid dienone is 2. The molecule has 0 spiro atoms. The Labute approximate surface area is 150 Å². The Morgan fingerprint density at radius 3 is 2.81 bits per heavy atom. The summed E-state index contributed by atoms with van der Waals surface area (Å²) in [6.45, 7) is 0.991. The molecule has 2 aromatic rings. The molecule has 1 aromatic heterocycles. The second-order valence-corrected chi connectivity index (χ2v) is 7.08. The third-order valence-electron chi connectivity index (χ3n) is 5.51. The lowest BCUT2D eigenvalue weighted by Gasteiger charge is -2.14. The van der Waals surface area contributed by atoms with Gasteiger partial charge in [0.15, 0.2) is 0 Å². The first-order valence-corrected chi connectivity index (χ1v) is 8.76. The summed E-state index contributed by atoms with van der Waals surface area (Å²) in [5.74, 6) is 1.18. The van der Waals surface area contributed by atoms with E-state index in [1.165, 1.54) is 11.1 Å². The molecule has 0 radical (unpaired) electrons. The summed E-state index contributed by atoms with van der Waals surface area (Å²) >= 11 is 0. The standard InChI is InChI=1S/C19H17N5O2/c20-9-18-16-7-13(8-17(16)18)12-1-3-14(4-2-12)24-11-15(26-19(24)25)10-23-6-5-21-22-23/h1-7,15-18H,8,10-11H2/t15-,16+,17-,18-/m0/s1. The van der Waals surface area contributed by atoms with E-state index in [2.05, 4.69) is 22.5 Å². The normalized spacial score (nSPS) is 29.1. The van der Waals surface area contributed by atoms with Crippen molar-refractivity contribution in [2.45, 2.75) is 19.1 Å².